The summed E-state index contributed by atoms with van der Waals surface area (Å²) >= 11 is 0. The Morgan fingerprint density at radius 3 is 2.43 bits per heavy atom. The Bertz CT molecular complexity index is 1300. The molecule has 0 unspecified atom stereocenters. The summed E-state index contributed by atoms with van der Waals surface area (Å²) < 4.78 is 59.9. The highest BCUT2D eigenvalue weighted by molar-refractivity contribution is 5.97. The molecule has 0 spiro atoms. The van der Waals surface area contributed by atoms with Crippen molar-refractivity contribution in [1.29, 1.82) is 0 Å². The molecule has 2 amide bonds. The SMILES string of the molecule is O=C(OCc1ccc(OC(F)(F)F)cc1F)N1CC[C@@H]2CN(C(=O)c3ccc4[nH]nnc4c3)C[C@@H]2CC1. The summed E-state index contributed by atoms with van der Waals surface area (Å²) in [5, 5.41) is 10.5. The lowest BCUT2D eigenvalue weighted by Gasteiger charge is -2.22. The van der Waals surface area contributed by atoms with E-state index in [1.807, 2.05) is 4.90 Å². The highest BCUT2D eigenvalue weighted by Gasteiger charge is 2.38. The summed E-state index contributed by atoms with van der Waals surface area (Å²) in [6.45, 7) is 1.60. The molecular formula is C24H23F4N5O4. The van der Waals surface area contributed by atoms with Crippen LogP contribution in [0.3, 0.4) is 0 Å². The molecule has 2 atom stereocenters. The van der Waals surface area contributed by atoms with Gasteiger partial charge in [0, 0.05) is 43.4 Å². The molecular weight excluding hydrogens is 498 g/mol. The summed E-state index contributed by atoms with van der Waals surface area (Å²) in [7, 11) is 0. The Morgan fingerprint density at radius 1 is 1.03 bits per heavy atom. The average molecular weight is 521 g/mol. The van der Waals surface area contributed by atoms with Crippen LogP contribution in [-0.4, -0.2) is 69.8 Å². The van der Waals surface area contributed by atoms with Gasteiger partial charge in [0.05, 0.1) is 5.52 Å². The second-order valence-corrected chi connectivity index (χ2v) is 9.19. The Labute approximate surface area is 208 Å². The van der Waals surface area contributed by atoms with Gasteiger partial charge in [-0.15, -0.1) is 18.3 Å². The second kappa shape index (κ2) is 9.87. The first-order valence-electron chi connectivity index (χ1n) is 11.7. The van der Waals surface area contributed by atoms with Crippen LogP contribution in [0.1, 0.15) is 28.8 Å². The van der Waals surface area contributed by atoms with Crippen molar-refractivity contribution in [2.75, 3.05) is 26.2 Å². The average Bonchev–Trinajstić information content (AvgIpc) is 3.44. The van der Waals surface area contributed by atoms with E-state index in [9.17, 15) is 27.2 Å². The van der Waals surface area contributed by atoms with Crippen LogP contribution in [-0.2, 0) is 11.3 Å². The first kappa shape index (κ1) is 24.8. The summed E-state index contributed by atoms with van der Waals surface area (Å²) in [5.74, 6) is -1.26. The summed E-state index contributed by atoms with van der Waals surface area (Å²) in [6, 6.07) is 7.88. The number of carbonyl (C=O) groups excluding carboxylic acids is 2. The molecule has 2 fully saturated rings. The molecule has 0 radical (unpaired) electrons. The Kier molecular flexibility index (Phi) is 6.61. The third kappa shape index (κ3) is 5.59. The number of aromatic amines is 1. The quantitative estimate of drug-likeness (QED) is 0.519. The third-order valence-electron chi connectivity index (χ3n) is 6.84. The lowest BCUT2D eigenvalue weighted by Crippen LogP contribution is -2.34. The number of carbonyl (C=O) groups is 2. The van der Waals surface area contributed by atoms with E-state index in [1.54, 1.807) is 23.1 Å². The van der Waals surface area contributed by atoms with Crippen molar-refractivity contribution in [2.24, 2.45) is 11.8 Å². The van der Waals surface area contributed by atoms with E-state index < -0.39 is 30.6 Å². The summed E-state index contributed by atoms with van der Waals surface area (Å²) in [6.07, 6.45) is -4.18. The van der Waals surface area contributed by atoms with Gasteiger partial charge < -0.3 is 19.3 Å². The number of benzene rings is 2. The fourth-order valence-electron chi connectivity index (χ4n) is 4.93. The van der Waals surface area contributed by atoms with E-state index >= 15 is 0 Å². The fourth-order valence-corrected chi connectivity index (χ4v) is 4.93. The van der Waals surface area contributed by atoms with E-state index in [0.717, 1.165) is 17.6 Å². The summed E-state index contributed by atoms with van der Waals surface area (Å²) in [4.78, 5) is 29.0. The van der Waals surface area contributed by atoms with Crippen molar-refractivity contribution in [3.8, 4) is 5.75 Å². The number of nitrogens with one attached hydrogen (secondary N) is 1. The lowest BCUT2D eigenvalue weighted by molar-refractivity contribution is -0.274. The molecule has 2 saturated heterocycles. The molecule has 2 aliphatic heterocycles. The van der Waals surface area contributed by atoms with Crippen molar-refractivity contribution >= 4 is 23.0 Å². The van der Waals surface area contributed by atoms with E-state index in [1.165, 1.54) is 0 Å². The van der Waals surface area contributed by atoms with Gasteiger partial charge in [-0.05, 0) is 55.0 Å². The number of hydrogen-bond donors (Lipinski definition) is 1. The molecule has 5 rings (SSSR count). The smallest absolute Gasteiger partial charge is 0.444 e. The topological polar surface area (TPSA) is 101 Å². The van der Waals surface area contributed by atoms with Crippen molar-refractivity contribution < 1.29 is 36.6 Å². The van der Waals surface area contributed by atoms with Gasteiger partial charge in [0.1, 0.15) is 23.7 Å². The molecule has 0 bridgehead atoms. The van der Waals surface area contributed by atoms with Crippen molar-refractivity contribution in [3.63, 3.8) is 0 Å². The summed E-state index contributed by atoms with van der Waals surface area (Å²) in [5.41, 5.74) is 1.87. The van der Waals surface area contributed by atoms with E-state index in [-0.39, 0.29) is 23.3 Å². The number of alkyl halides is 3. The molecule has 0 aliphatic carbocycles. The normalized spacial score (nSPS) is 20.0. The van der Waals surface area contributed by atoms with Crippen LogP contribution in [0.25, 0.3) is 11.0 Å². The molecule has 196 valence electrons. The molecule has 2 aromatic carbocycles. The van der Waals surface area contributed by atoms with Crippen LogP contribution < -0.4 is 4.74 Å². The predicted octanol–water partition coefficient (Wildman–Crippen LogP) is 4.12. The zero-order valence-electron chi connectivity index (χ0n) is 19.5. The molecule has 1 N–H and O–H groups in total. The molecule has 1 aromatic heterocycles. The van der Waals surface area contributed by atoms with Gasteiger partial charge in [-0.25, -0.2) is 9.18 Å². The van der Waals surface area contributed by atoms with Gasteiger partial charge in [-0.1, -0.05) is 5.21 Å². The van der Waals surface area contributed by atoms with E-state index in [0.29, 0.717) is 56.2 Å². The van der Waals surface area contributed by atoms with Gasteiger partial charge in [0.25, 0.3) is 5.91 Å². The lowest BCUT2D eigenvalue weighted by atomic mass is 9.92. The van der Waals surface area contributed by atoms with Crippen LogP contribution in [0.5, 0.6) is 5.75 Å². The minimum atomic E-state index is -4.93. The molecule has 3 heterocycles. The van der Waals surface area contributed by atoms with E-state index in [2.05, 4.69) is 20.1 Å². The highest BCUT2D eigenvalue weighted by atomic mass is 19.4. The number of aromatic nitrogens is 3. The van der Waals surface area contributed by atoms with Crippen LogP contribution in [0, 0.1) is 17.7 Å². The number of H-pyrrole nitrogens is 1. The van der Waals surface area contributed by atoms with Crippen LogP contribution in [0.4, 0.5) is 22.4 Å². The molecule has 2 aliphatic rings. The van der Waals surface area contributed by atoms with Crippen molar-refractivity contribution in [1.82, 2.24) is 25.2 Å². The van der Waals surface area contributed by atoms with Gasteiger partial charge in [-0.3, -0.25) is 9.89 Å². The number of halogens is 4. The monoisotopic (exact) mass is 521 g/mol. The number of fused-ring (bicyclic) bond motifs is 2. The largest absolute Gasteiger partial charge is 0.573 e. The Hall–Kier alpha value is -3.90. The van der Waals surface area contributed by atoms with Crippen molar-refractivity contribution in [2.45, 2.75) is 25.8 Å². The predicted molar refractivity (Wildman–Crippen MR) is 121 cm³/mol. The maximum absolute atomic E-state index is 14.1. The molecule has 9 nitrogen and oxygen atoms in total. The first-order valence-corrected chi connectivity index (χ1v) is 11.7. The minimum Gasteiger partial charge on any atom is -0.444 e. The molecule has 13 heteroatoms. The number of hydrogen-bond acceptors (Lipinski definition) is 6. The highest BCUT2D eigenvalue weighted by Crippen LogP contribution is 2.33. The van der Waals surface area contributed by atoms with Gasteiger partial charge in [0.2, 0.25) is 0 Å². The number of nitrogens with zero attached hydrogens (tertiary/aromatic N) is 4. The van der Waals surface area contributed by atoms with Crippen molar-refractivity contribution in [3.05, 3.63) is 53.3 Å². The zero-order chi connectivity index (χ0) is 26.2. The minimum absolute atomic E-state index is 0.0625. The number of amides is 2. The number of rotatable bonds is 4. The number of ether oxygens (including phenoxy) is 2. The Balaban J connectivity index is 1.13. The van der Waals surface area contributed by atoms with Gasteiger partial charge in [0.15, 0.2) is 0 Å². The first-order chi connectivity index (χ1) is 17.7. The van der Waals surface area contributed by atoms with E-state index in [4.69, 9.17) is 4.74 Å². The second-order valence-electron chi connectivity index (χ2n) is 9.19. The van der Waals surface area contributed by atoms with Gasteiger partial charge >= 0.3 is 12.5 Å². The molecule has 0 saturated carbocycles. The Morgan fingerprint density at radius 2 is 1.76 bits per heavy atom. The van der Waals surface area contributed by atoms with Crippen LogP contribution in [0.15, 0.2) is 36.4 Å². The van der Waals surface area contributed by atoms with Crippen LogP contribution >= 0.6 is 0 Å². The maximum Gasteiger partial charge on any atom is 0.573 e. The van der Waals surface area contributed by atoms with Crippen LogP contribution in [0.2, 0.25) is 0 Å². The number of likely N-dealkylation sites (tertiary alicyclic amines) is 2. The standard InChI is InChI=1S/C24H23F4N5O4/c25-19-10-18(37-24(26,27)28)3-1-17(19)13-36-23(35)32-7-5-15-11-33(12-16(15)6-8-32)22(34)14-2-4-20-21(9-14)30-31-29-20/h1-4,9-10,15-16H,5-8,11-13H2,(H,29,30,31)/t15-,16+. The molecule has 3 aromatic rings. The zero-order valence-corrected chi connectivity index (χ0v) is 19.5. The maximum atomic E-state index is 14.1. The van der Waals surface area contributed by atoms with Gasteiger partial charge in [-0.2, -0.15) is 0 Å². The fraction of sp³-hybridized carbons (Fsp3) is 0.417. The third-order valence-corrected chi connectivity index (χ3v) is 6.84. The molecule has 37 heavy (non-hydrogen) atoms.